The minimum atomic E-state index is -1.65. The summed E-state index contributed by atoms with van der Waals surface area (Å²) >= 11 is 12.5. The molecule has 0 aromatic heterocycles. The average Bonchev–Trinajstić information content (AvgIpc) is 3.40. The van der Waals surface area contributed by atoms with Crippen molar-refractivity contribution in [2.45, 2.75) is 50.1 Å². The lowest BCUT2D eigenvalue weighted by Crippen LogP contribution is -2.51. The highest BCUT2D eigenvalue weighted by Crippen LogP contribution is 2.61. The fourth-order valence-electron chi connectivity index (χ4n) is 6.70. The number of nitrogens with zero attached hydrogens (tertiary/aromatic N) is 1. The first-order valence-electron chi connectivity index (χ1n) is 13.3. The second kappa shape index (κ2) is 10.9. The third kappa shape index (κ3) is 4.51. The Morgan fingerprint density at radius 1 is 1.26 bits per heavy atom. The van der Waals surface area contributed by atoms with Gasteiger partial charge in [0.1, 0.15) is 29.0 Å². The van der Waals surface area contributed by atoms with Crippen LogP contribution >= 0.6 is 23.2 Å². The van der Waals surface area contributed by atoms with Crippen molar-refractivity contribution < 1.29 is 27.9 Å². The largest absolute Gasteiger partial charge is 0.499 e. The van der Waals surface area contributed by atoms with Gasteiger partial charge in [0.05, 0.1) is 24.5 Å². The molecule has 5 rings (SSSR count). The fourth-order valence-corrected chi connectivity index (χ4v) is 7.06. The molecule has 4 atom stereocenters. The number of amides is 2. The van der Waals surface area contributed by atoms with Gasteiger partial charge in [-0.05, 0) is 53.3 Å². The Labute approximate surface area is 252 Å². The summed E-state index contributed by atoms with van der Waals surface area (Å²) in [6, 6.07) is 6.96. The van der Waals surface area contributed by atoms with Gasteiger partial charge < -0.3 is 20.7 Å². The fraction of sp³-hybridized carbons (Fsp3) is 0.355. The van der Waals surface area contributed by atoms with Gasteiger partial charge in [0.2, 0.25) is 11.8 Å². The standard InChI is InChI=1S/C31H29Cl2F2N3O4/c1-30(2,15-34)13-24-31(19-9-8-17(32)12-21(19)37-29(31)41)25(18-5-4-6-20(33)26(18)35)27(28(36)40)38(24)22-10-7-16(14-39)11-23(22)42-3/h4-10,12,24-25,27H,11,13,15H2,1-3H3,(H2,36,40)(H,37,41)/t24-,25-,27+,31+/m0/s1. The van der Waals surface area contributed by atoms with Crippen LogP contribution in [0.5, 0.6) is 0 Å². The molecule has 2 heterocycles. The van der Waals surface area contributed by atoms with E-state index < -0.39 is 53.1 Å². The molecule has 1 aliphatic carbocycles. The van der Waals surface area contributed by atoms with Gasteiger partial charge in [-0.2, -0.15) is 0 Å². The van der Waals surface area contributed by atoms with Gasteiger partial charge in [-0.1, -0.05) is 55.2 Å². The van der Waals surface area contributed by atoms with Crippen molar-refractivity contribution in [2.75, 3.05) is 19.1 Å². The monoisotopic (exact) mass is 615 g/mol. The first-order chi connectivity index (χ1) is 19.9. The van der Waals surface area contributed by atoms with Crippen LogP contribution in [0.4, 0.5) is 14.5 Å². The number of fused-ring (bicyclic) bond motifs is 2. The molecule has 2 aromatic carbocycles. The SMILES string of the molecule is COC1=C(N2[C@@H](CC(C)(C)CF)[C@@]3(C(=O)Nc4cc(Cl)ccc43)[C@@H](c3cccc(Cl)c3F)[C@@H]2C(N)=O)C=CC(=C=O)C1. The molecular weight excluding hydrogens is 587 g/mol. The molecule has 2 aromatic rings. The van der Waals surface area contributed by atoms with Gasteiger partial charge in [0.25, 0.3) is 0 Å². The maximum absolute atomic E-state index is 16.0. The minimum Gasteiger partial charge on any atom is -0.499 e. The van der Waals surface area contributed by atoms with Crippen molar-refractivity contribution in [3.8, 4) is 0 Å². The van der Waals surface area contributed by atoms with Crippen LogP contribution in [-0.2, 0) is 24.5 Å². The summed E-state index contributed by atoms with van der Waals surface area (Å²) in [4.78, 5) is 41.2. The summed E-state index contributed by atoms with van der Waals surface area (Å²) < 4.78 is 36.2. The van der Waals surface area contributed by atoms with Crippen LogP contribution in [0.1, 0.15) is 43.7 Å². The number of carbonyl (C=O) groups excluding carboxylic acids is 3. The van der Waals surface area contributed by atoms with Crippen LogP contribution < -0.4 is 11.1 Å². The van der Waals surface area contributed by atoms with Crippen molar-refractivity contribution in [3.63, 3.8) is 0 Å². The summed E-state index contributed by atoms with van der Waals surface area (Å²) in [7, 11) is 1.41. The van der Waals surface area contributed by atoms with Crippen LogP contribution in [0, 0.1) is 11.2 Å². The Balaban J connectivity index is 1.93. The predicted octanol–water partition coefficient (Wildman–Crippen LogP) is 5.61. The first-order valence-corrected chi connectivity index (χ1v) is 14.0. The molecule has 1 spiro atoms. The van der Waals surface area contributed by atoms with E-state index in [9.17, 15) is 18.8 Å². The zero-order valence-corrected chi connectivity index (χ0v) is 24.7. The number of nitrogens with two attached hydrogens (primary N) is 1. The summed E-state index contributed by atoms with van der Waals surface area (Å²) in [6.07, 6.45) is 3.21. The lowest BCUT2D eigenvalue weighted by atomic mass is 9.62. The van der Waals surface area contributed by atoms with Gasteiger partial charge in [-0.15, -0.1) is 0 Å². The molecular formula is C31H29Cl2F2N3O4. The number of hydrogen-bond acceptors (Lipinski definition) is 5. The number of benzene rings is 2. The Kier molecular flexibility index (Phi) is 7.73. The predicted molar refractivity (Wildman–Crippen MR) is 156 cm³/mol. The van der Waals surface area contributed by atoms with E-state index in [0.29, 0.717) is 33.3 Å². The number of halogens is 4. The molecule has 0 bridgehead atoms. The normalized spacial score (nSPS) is 25.1. The maximum Gasteiger partial charge on any atom is 0.240 e. The number of allylic oxidation sites excluding steroid dienone is 3. The van der Waals surface area contributed by atoms with Gasteiger partial charge in [-0.3, -0.25) is 14.0 Å². The Morgan fingerprint density at radius 3 is 2.64 bits per heavy atom. The third-order valence-electron chi connectivity index (χ3n) is 8.47. The van der Waals surface area contributed by atoms with Gasteiger partial charge in [0.15, 0.2) is 0 Å². The van der Waals surface area contributed by atoms with Crippen molar-refractivity contribution in [1.29, 1.82) is 0 Å². The average molecular weight is 616 g/mol. The Hall–Kier alpha value is -3.65. The van der Waals surface area contributed by atoms with Crippen molar-refractivity contribution in [3.05, 3.63) is 92.6 Å². The third-order valence-corrected chi connectivity index (χ3v) is 9.00. The number of hydrogen-bond donors (Lipinski definition) is 2. The van der Waals surface area contributed by atoms with Gasteiger partial charge >= 0.3 is 0 Å². The topological polar surface area (TPSA) is 102 Å². The molecule has 7 nitrogen and oxygen atoms in total. The Bertz CT molecular complexity index is 1600. The molecule has 0 unspecified atom stereocenters. The zero-order chi connectivity index (χ0) is 30.6. The first kappa shape index (κ1) is 29.8. The van der Waals surface area contributed by atoms with Gasteiger partial charge in [-0.25, -0.2) is 9.18 Å². The highest BCUT2D eigenvalue weighted by atomic mass is 35.5. The summed E-state index contributed by atoms with van der Waals surface area (Å²) in [5.74, 6) is -1.21. The summed E-state index contributed by atoms with van der Waals surface area (Å²) in [6.45, 7) is 2.66. The van der Waals surface area contributed by atoms with Crippen molar-refractivity contribution >= 4 is 46.6 Å². The second-order valence-electron chi connectivity index (χ2n) is 11.6. The number of anilines is 1. The zero-order valence-electron chi connectivity index (χ0n) is 23.1. The quantitative estimate of drug-likeness (QED) is 0.394. The van der Waals surface area contributed by atoms with E-state index in [1.807, 2.05) is 5.94 Å². The van der Waals surface area contributed by atoms with E-state index in [-0.39, 0.29) is 23.4 Å². The molecule has 2 aliphatic heterocycles. The van der Waals surface area contributed by atoms with Crippen molar-refractivity contribution in [2.24, 2.45) is 11.1 Å². The maximum atomic E-state index is 16.0. The van der Waals surface area contributed by atoms with E-state index >= 15 is 4.39 Å². The van der Waals surface area contributed by atoms with E-state index in [4.69, 9.17) is 33.7 Å². The number of ether oxygens (including phenoxy) is 1. The number of rotatable bonds is 7. The number of carbonyl (C=O) groups is 2. The van der Waals surface area contributed by atoms with Crippen LogP contribution in [0.3, 0.4) is 0 Å². The van der Waals surface area contributed by atoms with E-state index in [1.54, 1.807) is 43.0 Å². The Morgan fingerprint density at radius 2 is 2.00 bits per heavy atom. The highest BCUT2D eigenvalue weighted by molar-refractivity contribution is 6.31. The van der Waals surface area contributed by atoms with Crippen molar-refractivity contribution in [1.82, 2.24) is 4.90 Å². The molecule has 42 heavy (non-hydrogen) atoms. The summed E-state index contributed by atoms with van der Waals surface area (Å²) in [5.41, 5.74) is 5.00. The lowest BCUT2D eigenvalue weighted by molar-refractivity contribution is -0.122. The molecule has 1 fully saturated rings. The molecule has 2 amide bonds. The second-order valence-corrected chi connectivity index (χ2v) is 12.4. The molecule has 11 heteroatoms. The van der Waals surface area contributed by atoms with Crippen LogP contribution in [0.25, 0.3) is 0 Å². The van der Waals surface area contributed by atoms with E-state index in [1.165, 1.54) is 31.4 Å². The van der Waals surface area contributed by atoms with Crippen LogP contribution in [0.15, 0.2) is 65.6 Å². The van der Waals surface area contributed by atoms with Gasteiger partial charge in [0, 0.05) is 34.7 Å². The van der Waals surface area contributed by atoms with Crippen LogP contribution in [0.2, 0.25) is 10.0 Å². The smallest absolute Gasteiger partial charge is 0.240 e. The van der Waals surface area contributed by atoms with E-state index in [0.717, 1.165) is 0 Å². The lowest BCUT2D eigenvalue weighted by Gasteiger charge is -2.41. The van der Waals surface area contributed by atoms with E-state index in [2.05, 4.69) is 5.32 Å². The molecule has 0 saturated carbocycles. The number of nitrogens with one attached hydrogen (secondary N) is 1. The molecule has 3 N–H and O–H groups in total. The number of likely N-dealkylation sites (tertiary alicyclic amines) is 1. The number of methoxy groups -OCH3 is 1. The van der Waals surface area contributed by atoms with Crippen LogP contribution in [-0.4, -0.2) is 48.5 Å². The number of alkyl halides is 1. The summed E-state index contributed by atoms with van der Waals surface area (Å²) in [5, 5.41) is 3.04. The molecule has 3 aliphatic rings. The molecule has 1 saturated heterocycles. The highest BCUT2D eigenvalue weighted by Gasteiger charge is 2.69. The molecule has 0 radical (unpaired) electrons. The minimum absolute atomic E-state index is 0.00244. The number of primary amides is 1. The molecule has 220 valence electrons.